The third-order valence-corrected chi connectivity index (χ3v) is 3.60. The molecule has 84 valence electrons. The van der Waals surface area contributed by atoms with Gasteiger partial charge in [-0.1, -0.05) is 11.8 Å². The number of hydrogen-bond donors (Lipinski definition) is 1. The second-order valence-electron chi connectivity index (χ2n) is 4.01. The SMILES string of the molecule is Cn1cnnc1SCCCCNC1CC1. The second-order valence-corrected chi connectivity index (χ2v) is 5.07. The third kappa shape index (κ3) is 3.83. The van der Waals surface area contributed by atoms with Gasteiger partial charge in [-0.15, -0.1) is 10.2 Å². The molecule has 0 aromatic carbocycles. The summed E-state index contributed by atoms with van der Waals surface area (Å²) in [4.78, 5) is 0. The van der Waals surface area contributed by atoms with Gasteiger partial charge in [0.15, 0.2) is 5.16 Å². The molecule has 0 aliphatic heterocycles. The van der Waals surface area contributed by atoms with Gasteiger partial charge in [0.1, 0.15) is 6.33 Å². The van der Waals surface area contributed by atoms with E-state index in [1.165, 1.54) is 32.2 Å². The highest BCUT2D eigenvalue weighted by atomic mass is 32.2. The van der Waals surface area contributed by atoms with E-state index in [9.17, 15) is 0 Å². The molecule has 15 heavy (non-hydrogen) atoms. The van der Waals surface area contributed by atoms with Crippen molar-refractivity contribution in [2.45, 2.75) is 36.9 Å². The minimum Gasteiger partial charge on any atom is -0.314 e. The third-order valence-electron chi connectivity index (χ3n) is 2.48. The summed E-state index contributed by atoms with van der Waals surface area (Å²) in [5, 5.41) is 12.4. The molecule has 1 N–H and O–H groups in total. The lowest BCUT2D eigenvalue weighted by atomic mass is 10.3. The van der Waals surface area contributed by atoms with Crippen molar-refractivity contribution in [3.8, 4) is 0 Å². The molecule has 0 amide bonds. The molecule has 0 atom stereocenters. The van der Waals surface area contributed by atoms with Gasteiger partial charge in [-0.05, 0) is 32.2 Å². The molecule has 2 rings (SSSR count). The lowest BCUT2D eigenvalue weighted by molar-refractivity contribution is 0.639. The molecular weight excluding hydrogens is 208 g/mol. The van der Waals surface area contributed by atoms with Gasteiger partial charge >= 0.3 is 0 Å². The molecule has 1 aromatic rings. The highest BCUT2D eigenvalue weighted by Gasteiger charge is 2.19. The van der Waals surface area contributed by atoms with Crippen molar-refractivity contribution < 1.29 is 0 Å². The highest BCUT2D eigenvalue weighted by Crippen LogP contribution is 2.19. The van der Waals surface area contributed by atoms with Crippen LogP contribution in [0.2, 0.25) is 0 Å². The second kappa shape index (κ2) is 5.51. The summed E-state index contributed by atoms with van der Waals surface area (Å²) in [6, 6.07) is 0.844. The Balaban J connectivity index is 1.49. The summed E-state index contributed by atoms with van der Waals surface area (Å²) in [5.74, 6) is 1.14. The fraction of sp³-hybridized carbons (Fsp3) is 0.800. The molecule has 0 radical (unpaired) electrons. The van der Waals surface area contributed by atoms with E-state index in [1.807, 2.05) is 11.6 Å². The molecule has 0 spiro atoms. The first-order valence-electron chi connectivity index (χ1n) is 5.56. The number of nitrogens with one attached hydrogen (secondary N) is 1. The summed E-state index contributed by atoms with van der Waals surface area (Å²) in [7, 11) is 1.98. The summed E-state index contributed by atoms with van der Waals surface area (Å²) in [6.45, 7) is 1.17. The van der Waals surface area contributed by atoms with Gasteiger partial charge < -0.3 is 9.88 Å². The van der Waals surface area contributed by atoms with Crippen molar-refractivity contribution in [1.29, 1.82) is 0 Å². The number of nitrogens with zero attached hydrogens (tertiary/aromatic N) is 3. The van der Waals surface area contributed by atoms with Crippen molar-refractivity contribution in [3.63, 3.8) is 0 Å². The Kier molecular flexibility index (Phi) is 4.02. The quantitative estimate of drug-likeness (QED) is 0.564. The van der Waals surface area contributed by atoms with Gasteiger partial charge in [0.25, 0.3) is 0 Å². The van der Waals surface area contributed by atoms with Gasteiger partial charge in [-0.2, -0.15) is 0 Å². The Morgan fingerprint density at radius 2 is 2.40 bits per heavy atom. The molecule has 1 aliphatic carbocycles. The number of aromatic nitrogens is 3. The van der Waals surface area contributed by atoms with Crippen LogP contribution in [0.1, 0.15) is 25.7 Å². The fourth-order valence-electron chi connectivity index (χ4n) is 1.39. The van der Waals surface area contributed by atoms with E-state index in [4.69, 9.17) is 0 Å². The zero-order chi connectivity index (χ0) is 10.5. The van der Waals surface area contributed by atoms with Crippen molar-refractivity contribution in [3.05, 3.63) is 6.33 Å². The molecule has 1 saturated carbocycles. The minimum absolute atomic E-state index is 0.844. The predicted molar refractivity (Wildman–Crippen MR) is 62.0 cm³/mol. The molecule has 1 aromatic heterocycles. The molecule has 0 bridgehead atoms. The lowest BCUT2D eigenvalue weighted by Gasteiger charge is -2.02. The molecule has 1 aliphatic rings. The van der Waals surface area contributed by atoms with Crippen LogP contribution in [0, 0.1) is 0 Å². The molecule has 1 heterocycles. The van der Waals surface area contributed by atoms with Crippen molar-refractivity contribution >= 4 is 11.8 Å². The van der Waals surface area contributed by atoms with Crippen molar-refractivity contribution in [2.24, 2.45) is 7.05 Å². The molecule has 0 unspecified atom stereocenters. The monoisotopic (exact) mass is 226 g/mol. The Morgan fingerprint density at radius 3 is 3.07 bits per heavy atom. The Labute approximate surface area is 94.8 Å². The number of aryl methyl sites for hydroxylation is 1. The van der Waals surface area contributed by atoms with E-state index < -0.39 is 0 Å². The summed E-state index contributed by atoms with van der Waals surface area (Å²) >= 11 is 1.79. The highest BCUT2D eigenvalue weighted by molar-refractivity contribution is 7.99. The molecule has 0 saturated heterocycles. The van der Waals surface area contributed by atoms with E-state index in [0.717, 1.165) is 17.0 Å². The number of unbranched alkanes of at least 4 members (excludes halogenated alkanes) is 1. The topological polar surface area (TPSA) is 42.7 Å². The zero-order valence-electron chi connectivity index (χ0n) is 9.15. The lowest BCUT2D eigenvalue weighted by Crippen LogP contribution is -2.17. The fourth-order valence-corrected chi connectivity index (χ4v) is 2.27. The summed E-state index contributed by atoms with van der Waals surface area (Å²) in [6.07, 6.45) is 7.02. The predicted octanol–water partition coefficient (Wildman–Crippen LogP) is 1.44. The van der Waals surface area contributed by atoms with Crippen LogP contribution in [-0.2, 0) is 7.05 Å². The first kappa shape index (κ1) is 11.0. The standard InChI is InChI=1S/C10H18N4S/c1-14-8-12-13-10(14)15-7-3-2-6-11-9-4-5-9/h8-9,11H,2-7H2,1H3. The molecule has 5 heteroatoms. The van der Waals surface area contributed by atoms with E-state index in [0.29, 0.717) is 0 Å². The number of rotatable bonds is 7. The van der Waals surface area contributed by atoms with E-state index in [1.54, 1.807) is 18.1 Å². The summed E-state index contributed by atoms with van der Waals surface area (Å²) < 4.78 is 1.97. The van der Waals surface area contributed by atoms with Crippen LogP contribution in [0.5, 0.6) is 0 Å². The van der Waals surface area contributed by atoms with Crippen LogP contribution >= 0.6 is 11.8 Å². The van der Waals surface area contributed by atoms with Crippen LogP contribution in [0.25, 0.3) is 0 Å². The first-order chi connectivity index (χ1) is 7.36. The van der Waals surface area contributed by atoms with E-state index in [-0.39, 0.29) is 0 Å². The van der Waals surface area contributed by atoms with Crippen molar-refractivity contribution in [2.75, 3.05) is 12.3 Å². The average molecular weight is 226 g/mol. The van der Waals surface area contributed by atoms with Crippen LogP contribution in [0.15, 0.2) is 11.5 Å². The summed E-state index contributed by atoms with van der Waals surface area (Å²) in [5.41, 5.74) is 0. The van der Waals surface area contributed by atoms with Gasteiger partial charge in [-0.25, -0.2) is 0 Å². The van der Waals surface area contributed by atoms with Gasteiger partial charge in [-0.3, -0.25) is 0 Å². The van der Waals surface area contributed by atoms with Crippen molar-refractivity contribution in [1.82, 2.24) is 20.1 Å². The zero-order valence-corrected chi connectivity index (χ0v) is 9.96. The molecule has 1 fully saturated rings. The Hall–Kier alpha value is -0.550. The molecular formula is C10H18N4S. The maximum atomic E-state index is 4.03. The molecule has 4 nitrogen and oxygen atoms in total. The smallest absolute Gasteiger partial charge is 0.190 e. The van der Waals surface area contributed by atoms with Crippen LogP contribution in [0.3, 0.4) is 0 Å². The minimum atomic E-state index is 0.844. The Bertz CT molecular complexity index is 295. The first-order valence-corrected chi connectivity index (χ1v) is 6.55. The van der Waals surface area contributed by atoms with Crippen LogP contribution in [0.4, 0.5) is 0 Å². The van der Waals surface area contributed by atoms with E-state index >= 15 is 0 Å². The van der Waals surface area contributed by atoms with Crippen LogP contribution in [-0.4, -0.2) is 33.1 Å². The maximum absolute atomic E-state index is 4.03. The number of thioether (sulfide) groups is 1. The van der Waals surface area contributed by atoms with Gasteiger partial charge in [0, 0.05) is 18.8 Å². The number of hydrogen-bond acceptors (Lipinski definition) is 4. The van der Waals surface area contributed by atoms with Gasteiger partial charge in [0.05, 0.1) is 0 Å². The van der Waals surface area contributed by atoms with Gasteiger partial charge in [0.2, 0.25) is 0 Å². The normalized spacial score (nSPS) is 15.8. The largest absolute Gasteiger partial charge is 0.314 e. The maximum Gasteiger partial charge on any atom is 0.190 e. The average Bonchev–Trinajstić information content (AvgIpc) is 2.96. The van der Waals surface area contributed by atoms with Crippen LogP contribution < -0.4 is 5.32 Å². The Morgan fingerprint density at radius 1 is 1.53 bits per heavy atom. The van der Waals surface area contributed by atoms with E-state index in [2.05, 4.69) is 15.5 Å².